The Hall–Kier alpha value is -3.60. The average Bonchev–Trinajstić information content (AvgIpc) is 3.54. The zero-order valence-electron chi connectivity index (χ0n) is 17.7. The molecule has 0 radical (unpaired) electrons. The van der Waals surface area contributed by atoms with Crippen LogP contribution in [0.15, 0.2) is 78.9 Å². The summed E-state index contributed by atoms with van der Waals surface area (Å²) in [6.45, 7) is 0.163. The molecule has 0 saturated heterocycles. The average molecular weight is 428 g/mol. The van der Waals surface area contributed by atoms with Gasteiger partial charge in [0.2, 0.25) is 0 Å². The summed E-state index contributed by atoms with van der Waals surface area (Å²) in [6, 6.07) is 25.2. The van der Waals surface area contributed by atoms with Gasteiger partial charge >= 0.3 is 12.1 Å². The molecule has 1 fully saturated rings. The minimum absolute atomic E-state index is 0.0597. The summed E-state index contributed by atoms with van der Waals surface area (Å²) < 4.78 is 5.55. The van der Waals surface area contributed by atoms with Crippen LogP contribution in [0.3, 0.4) is 0 Å². The van der Waals surface area contributed by atoms with Crippen molar-refractivity contribution in [3.63, 3.8) is 0 Å². The maximum atomic E-state index is 12.6. The van der Waals surface area contributed by atoms with Crippen LogP contribution in [-0.4, -0.2) is 29.8 Å². The summed E-state index contributed by atoms with van der Waals surface area (Å²) >= 11 is 0. The normalized spacial score (nSPS) is 16.5. The molecule has 3 aromatic rings. The molecule has 1 atom stereocenters. The zero-order valence-corrected chi connectivity index (χ0v) is 17.7. The van der Waals surface area contributed by atoms with Crippen molar-refractivity contribution >= 4 is 12.1 Å². The first kappa shape index (κ1) is 20.3. The van der Waals surface area contributed by atoms with E-state index in [-0.39, 0.29) is 17.9 Å². The second-order valence-electron chi connectivity index (χ2n) is 8.71. The number of hydrogen-bond donors (Lipinski definition) is 2. The molecule has 0 heterocycles. The minimum Gasteiger partial charge on any atom is -0.480 e. The molecule has 0 spiro atoms. The van der Waals surface area contributed by atoms with E-state index in [1.165, 1.54) is 0 Å². The van der Waals surface area contributed by atoms with Crippen LogP contribution in [0, 0.1) is 0 Å². The number of hydrogen-bond acceptors (Lipinski definition) is 3. The van der Waals surface area contributed by atoms with Crippen molar-refractivity contribution in [1.82, 2.24) is 5.32 Å². The van der Waals surface area contributed by atoms with Crippen molar-refractivity contribution in [2.24, 2.45) is 0 Å². The highest BCUT2D eigenvalue weighted by Crippen LogP contribution is 2.51. The first-order valence-electron chi connectivity index (χ1n) is 11.0. The molecule has 0 unspecified atom stereocenters. The Labute approximate surface area is 187 Å². The van der Waals surface area contributed by atoms with E-state index in [1.54, 1.807) is 0 Å². The van der Waals surface area contributed by atoms with Crippen LogP contribution in [0.5, 0.6) is 0 Å². The number of benzene rings is 3. The van der Waals surface area contributed by atoms with Gasteiger partial charge in [-0.05, 0) is 52.5 Å². The summed E-state index contributed by atoms with van der Waals surface area (Å²) in [4.78, 5) is 24.5. The Morgan fingerprint density at radius 2 is 1.47 bits per heavy atom. The number of carboxylic acid groups (broad SMARTS) is 1. The molecule has 1 amide bonds. The standard InChI is InChI=1S/C27H25NO4/c29-25(30)24(16-27(14-15-27)18-8-2-1-3-9-18)28-26(31)32-17-23-21-12-6-4-10-19(21)20-11-5-7-13-22(20)23/h1-13,23-24H,14-17H2,(H,28,31)(H,29,30)/t24-/m1/s1. The van der Waals surface area contributed by atoms with E-state index < -0.39 is 18.1 Å². The van der Waals surface area contributed by atoms with Crippen molar-refractivity contribution in [3.05, 3.63) is 95.6 Å². The minimum atomic E-state index is -1.04. The lowest BCUT2D eigenvalue weighted by Gasteiger charge is -2.22. The molecule has 1 saturated carbocycles. The van der Waals surface area contributed by atoms with E-state index in [0.717, 1.165) is 40.7 Å². The fourth-order valence-electron chi connectivity index (χ4n) is 4.93. The molecule has 5 rings (SSSR count). The number of alkyl carbamates (subject to hydrolysis) is 1. The van der Waals surface area contributed by atoms with Gasteiger partial charge in [0.25, 0.3) is 0 Å². The van der Waals surface area contributed by atoms with Crippen LogP contribution >= 0.6 is 0 Å². The predicted octanol–water partition coefficient (Wildman–Crippen LogP) is 5.10. The van der Waals surface area contributed by atoms with Crippen molar-refractivity contribution < 1.29 is 19.4 Å². The highest BCUT2D eigenvalue weighted by molar-refractivity contribution is 5.81. The molecular weight excluding hydrogens is 402 g/mol. The Morgan fingerprint density at radius 1 is 0.906 bits per heavy atom. The Balaban J connectivity index is 1.26. The lowest BCUT2D eigenvalue weighted by Crippen LogP contribution is -2.43. The molecule has 2 aliphatic rings. The van der Waals surface area contributed by atoms with E-state index in [9.17, 15) is 14.7 Å². The smallest absolute Gasteiger partial charge is 0.407 e. The number of carbonyl (C=O) groups excluding carboxylic acids is 1. The fourth-order valence-corrected chi connectivity index (χ4v) is 4.93. The maximum Gasteiger partial charge on any atom is 0.407 e. The van der Waals surface area contributed by atoms with Gasteiger partial charge in [0, 0.05) is 5.92 Å². The van der Waals surface area contributed by atoms with Gasteiger partial charge in [-0.2, -0.15) is 0 Å². The number of rotatable bonds is 7. The van der Waals surface area contributed by atoms with Gasteiger partial charge in [0.1, 0.15) is 12.6 Å². The number of amides is 1. The lowest BCUT2D eigenvalue weighted by atomic mass is 9.89. The predicted molar refractivity (Wildman–Crippen MR) is 122 cm³/mol. The zero-order chi connectivity index (χ0) is 22.1. The number of nitrogens with one attached hydrogen (secondary N) is 1. The molecule has 32 heavy (non-hydrogen) atoms. The summed E-state index contributed by atoms with van der Waals surface area (Å²) in [5.41, 5.74) is 5.49. The topological polar surface area (TPSA) is 75.6 Å². The van der Waals surface area contributed by atoms with Gasteiger partial charge in [-0.15, -0.1) is 0 Å². The monoisotopic (exact) mass is 427 g/mol. The summed E-state index contributed by atoms with van der Waals surface area (Å²) in [6.07, 6.45) is 1.51. The maximum absolute atomic E-state index is 12.6. The van der Waals surface area contributed by atoms with E-state index in [2.05, 4.69) is 29.6 Å². The Kier molecular flexibility index (Phi) is 5.17. The molecule has 0 bridgehead atoms. The molecule has 3 aromatic carbocycles. The first-order chi connectivity index (χ1) is 15.6. The van der Waals surface area contributed by atoms with Gasteiger partial charge < -0.3 is 15.2 Å². The number of fused-ring (bicyclic) bond motifs is 3. The van der Waals surface area contributed by atoms with E-state index >= 15 is 0 Å². The number of ether oxygens (including phenoxy) is 1. The van der Waals surface area contributed by atoms with Crippen LogP contribution in [0.1, 0.15) is 41.9 Å². The van der Waals surface area contributed by atoms with Gasteiger partial charge in [0.05, 0.1) is 0 Å². The van der Waals surface area contributed by atoms with Gasteiger partial charge in [-0.25, -0.2) is 9.59 Å². The molecule has 2 aliphatic carbocycles. The Morgan fingerprint density at radius 3 is 2.03 bits per heavy atom. The molecule has 0 aromatic heterocycles. The quantitative estimate of drug-likeness (QED) is 0.550. The van der Waals surface area contributed by atoms with E-state index in [4.69, 9.17) is 4.74 Å². The molecule has 5 heteroatoms. The highest BCUT2D eigenvalue weighted by Gasteiger charge is 2.47. The van der Waals surface area contributed by atoms with Crippen LogP contribution in [-0.2, 0) is 14.9 Å². The second kappa shape index (κ2) is 8.15. The molecule has 5 nitrogen and oxygen atoms in total. The van der Waals surface area contributed by atoms with E-state index in [0.29, 0.717) is 6.42 Å². The third kappa shape index (κ3) is 3.75. The van der Waals surface area contributed by atoms with Gasteiger partial charge in [0.15, 0.2) is 0 Å². The third-order valence-electron chi connectivity index (χ3n) is 6.77. The SMILES string of the molecule is O=C(N[C@H](CC1(c2ccccc2)CC1)C(=O)O)OCC1c2ccccc2-c2ccccc21. The summed E-state index contributed by atoms with van der Waals surface area (Å²) in [5, 5.41) is 12.3. The fraction of sp³-hybridized carbons (Fsp3) is 0.259. The number of carboxylic acids is 1. The molecule has 0 aliphatic heterocycles. The van der Waals surface area contributed by atoms with Crippen molar-refractivity contribution in [2.75, 3.05) is 6.61 Å². The summed E-state index contributed by atoms with van der Waals surface area (Å²) in [7, 11) is 0. The second-order valence-corrected chi connectivity index (χ2v) is 8.71. The lowest BCUT2D eigenvalue weighted by molar-refractivity contribution is -0.139. The number of carbonyl (C=O) groups is 2. The van der Waals surface area contributed by atoms with Crippen LogP contribution in [0.4, 0.5) is 4.79 Å². The van der Waals surface area contributed by atoms with Crippen molar-refractivity contribution in [2.45, 2.75) is 36.6 Å². The van der Waals surface area contributed by atoms with Crippen LogP contribution in [0.25, 0.3) is 11.1 Å². The van der Waals surface area contributed by atoms with Crippen molar-refractivity contribution in [3.8, 4) is 11.1 Å². The molecular formula is C27H25NO4. The van der Waals surface area contributed by atoms with E-state index in [1.807, 2.05) is 54.6 Å². The van der Waals surface area contributed by atoms with Crippen LogP contribution in [0.2, 0.25) is 0 Å². The van der Waals surface area contributed by atoms with Gasteiger partial charge in [-0.1, -0.05) is 78.9 Å². The summed E-state index contributed by atoms with van der Waals surface area (Å²) in [5.74, 6) is -1.10. The first-order valence-corrected chi connectivity index (χ1v) is 11.0. The third-order valence-corrected chi connectivity index (χ3v) is 6.77. The Bertz CT molecular complexity index is 1110. The molecule has 2 N–H and O–H groups in total. The highest BCUT2D eigenvalue weighted by atomic mass is 16.5. The molecule has 162 valence electrons. The van der Waals surface area contributed by atoms with Gasteiger partial charge in [-0.3, -0.25) is 0 Å². The van der Waals surface area contributed by atoms with Crippen molar-refractivity contribution in [1.29, 1.82) is 0 Å². The van der Waals surface area contributed by atoms with Crippen LogP contribution < -0.4 is 5.32 Å². The number of aliphatic carboxylic acids is 1. The largest absolute Gasteiger partial charge is 0.480 e.